The fraction of sp³-hybridized carbons (Fsp3) is 0.481. The summed E-state index contributed by atoms with van der Waals surface area (Å²) in [6.45, 7) is 8.74. The van der Waals surface area contributed by atoms with Crippen LogP contribution >= 0.6 is 15.9 Å². The molecule has 39 heavy (non-hydrogen) atoms. The van der Waals surface area contributed by atoms with Crippen molar-refractivity contribution < 1.29 is 23.4 Å². The van der Waals surface area contributed by atoms with Crippen molar-refractivity contribution >= 4 is 52.0 Å². The van der Waals surface area contributed by atoms with E-state index in [1.807, 2.05) is 10.6 Å². The zero-order valence-electron chi connectivity index (χ0n) is 22.6. The molecule has 0 spiro atoms. The zero-order valence-corrected chi connectivity index (χ0v) is 25.2. The molecule has 1 saturated heterocycles. The summed E-state index contributed by atoms with van der Waals surface area (Å²) in [5, 5.41) is 4.65. The Morgan fingerprint density at radius 3 is 2.72 bits per heavy atom. The molecular formula is C27H33BrFN5O4Si. The number of methoxy groups -OCH3 is 1. The maximum absolute atomic E-state index is 15.4. The molecule has 208 valence electrons. The highest BCUT2D eigenvalue weighted by Crippen LogP contribution is 2.42. The first-order chi connectivity index (χ1) is 18.7. The number of aromatic nitrogens is 5. The maximum Gasteiger partial charge on any atom is 0.360 e. The molecule has 1 aliphatic rings. The molecule has 5 rings (SSSR count). The van der Waals surface area contributed by atoms with E-state index in [2.05, 4.69) is 45.7 Å². The monoisotopic (exact) mass is 617 g/mol. The lowest BCUT2D eigenvalue weighted by atomic mass is 9.88. The first-order valence-electron chi connectivity index (χ1n) is 13.1. The molecule has 9 nitrogen and oxygen atoms in total. The number of rotatable bonds is 9. The lowest BCUT2D eigenvalue weighted by Crippen LogP contribution is -2.28. The third-order valence-electron chi connectivity index (χ3n) is 7.13. The second-order valence-electron chi connectivity index (χ2n) is 11.0. The normalized spacial score (nSPS) is 15.7. The van der Waals surface area contributed by atoms with Crippen LogP contribution in [0.2, 0.25) is 25.7 Å². The van der Waals surface area contributed by atoms with Crippen LogP contribution in [0.5, 0.6) is 0 Å². The van der Waals surface area contributed by atoms with Crippen molar-refractivity contribution in [2.75, 3.05) is 26.9 Å². The highest BCUT2D eigenvalue weighted by Gasteiger charge is 2.36. The molecule has 0 radical (unpaired) electrons. The van der Waals surface area contributed by atoms with E-state index in [1.54, 1.807) is 23.1 Å². The number of fused-ring (bicyclic) bond motifs is 3. The Morgan fingerprint density at radius 1 is 1.26 bits per heavy atom. The molecule has 4 aromatic heterocycles. The van der Waals surface area contributed by atoms with Gasteiger partial charge in [0.1, 0.15) is 29.1 Å². The highest BCUT2D eigenvalue weighted by molar-refractivity contribution is 9.10. The average Bonchev–Trinajstić information content (AvgIpc) is 3.43. The van der Waals surface area contributed by atoms with Crippen LogP contribution in [0.25, 0.3) is 22.1 Å². The van der Waals surface area contributed by atoms with Crippen molar-refractivity contribution in [3.63, 3.8) is 0 Å². The predicted molar refractivity (Wildman–Crippen MR) is 152 cm³/mol. The van der Waals surface area contributed by atoms with Gasteiger partial charge in [0.25, 0.3) is 0 Å². The third kappa shape index (κ3) is 5.65. The summed E-state index contributed by atoms with van der Waals surface area (Å²) in [6, 6.07) is 5.41. The van der Waals surface area contributed by atoms with Gasteiger partial charge < -0.3 is 18.8 Å². The molecule has 0 amide bonds. The molecule has 5 heterocycles. The number of esters is 1. The molecular weight excluding hydrogens is 585 g/mol. The molecule has 1 fully saturated rings. The molecule has 0 bridgehead atoms. The van der Waals surface area contributed by atoms with Gasteiger partial charge in [0.15, 0.2) is 5.69 Å². The number of halogens is 2. The minimum atomic E-state index is -1.29. The van der Waals surface area contributed by atoms with E-state index in [0.717, 1.165) is 16.0 Å². The molecule has 0 aromatic carbocycles. The summed E-state index contributed by atoms with van der Waals surface area (Å²) < 4.78 is 36.7. The maximum atomic E-state index is 15.4. The summed E-state index contributed by atoms with van der Waals surface area (Å²) in [4.78, 5) is 22.3. The largest absolute Gasteiger partial charge is 0.464 e. The van der Waals surface area contributed by atoms with E-state index >= 15 is 4.39 Å². The second kappa shape index (κ2) is 11.4. The SMILES string of the molecule is COC(=O)c1nn(COCC[Si](C)(C)C)c2c3ncc(Br)cc3n([C@H](c3ncccc3F)C3CCOCC3)c12. The molecule has 0 aliphatic carbocycles. The van der Waals surface area contributed by atoms with Gasteiger partial charge in [0, 0.05) is 44.8 Å². The fourth-order valence-electron chi connectivity index (χ4n) is 5.18. The van der Waals surface area contributed by atoms with Crippen LogP contribution in [0.3, 0.4) is 0 Å². The van der Waals surface area contributed by atoms with Crippen LogP contribution in [-0.4, -0.2) is 65.3 Å². The summed E-state index contributed by atoms with van der Waals surface area (Å²) in [7, 11) is 0.0336. The number of nitrogens with zero attached hydrogens (tertiary/aromatic N) is 5. The number of ether oxygens (including phenoxy) is 3. The Kier molecular flexibility index (Phi) is 8.18. The number of hydrogen-bond acceptors (Lipinski definition) is 7. The van der Waals surface area contributed by atoms with Crippen molar-refractivity contribution in [1.82, 2.24) is 24.3 Å². The van der Waals surface area contributed by atoms with Gasteiger partial charge in [0.2, 0.25) is 0 Å². The van der Waals surface area contributed by atoms with Crippen molar-refractivity contribution in [1.29, 1.82) is 0 Å². The summed E-state index contributed by atoms with van der Waals surface area (Å²) in [6.07, 6.45) is 4.73. The summed E-state index contributed by atoms with van der Waals surface area (Å²) in [5.41, 5.74) is 2.97. The van der Waals surface area contributed by atoms with Crippen LogP contribution in [-0.2, 0) is 20.9 Å². The lowest BCUT2D eigenvalue weighted by molar-refractivity contribution is 0.0539. The Balaban J connectivity index is 1.76. The predicted octanol–water partition coefficient (Wildman–Crippen LogP) is 5.80. The van der Waals surface area contributed by atoms with Gasteiger partial charge in [-0.1, -0.05) is 19.6 Å². The molecule has 1 aliphatic heterocycles. The number of carbonyl (C=O) groups is 1. The lowest BCUT2D eigenvalue weighted by Gasteiger charge is -2.32. The molecule has 1 atom stereocenters. The number of pyridine rings is 2. The van der Waals surface area contributed by atoms with Gasteiger partial charge in [-0.05, 0) is 58.9 Å². The first-order valence-corrected chi connectivity index (χ1v) is 17.6. The van der Waals surface area contributed by atoms with Crippen LogP contribution in [0.1, 0.15) is 35.1 Å². The van der Waals surface area contributed by atoms with E-state index in [4.69, 9.17) is 19.2 Å². The van der Waals surface area contributed by atoms with Crippen molar-refractivity contribution in [3.05, 3.63) is 52.3 Å². The summed E-state index contributed by atoms with van der Waals surface area (Å²) in [5.74, 6) is -0.993. The van der Waals surface area contributed by atoms with E-state index in [-0.39, 0.29) is 18.3 Å². The average molecular weight is 619 g/mol. The van der Waals surface area contributed by atoms with Crippen LogP contribution in [0.15, 0.2) is 35.1 Å². The standard InChI is InChI=1S/C27H33BrFN5O4Si/c1-36-27(35)23-26-25(33(32-23)16-38-12-13-39(2,3)4)22-20(14-18(28)15-31-22)34(26)24(17-7-10-37-11-8-17)21-19(29)6-5-9-30-21/h5-6,9,14-15,17,24H,7-8,10-13,16H2,1-4H3/t24-/m0/s1. The van der Waals surface area contributed by atoms with Crippen LogP contribution in [0, 0.1) is 11.7 Å². The zero-order chi connectivity index (χ0) is 27.7. The molecule has 0 unspecified atom stereocenters. The Labute approximate surface area is 235 Å². The Hall–Kier alpha value is -2.67. The second-order valence-corrected chi connectivity index (χ2v) is 17.6. The number of carbonyl (C=O) groups excluding carboxylic acids is 1. The number of hydrogen-bond donors (Lipinski definition) is 0. The molecule has 12 heteroatoms. The van der Waals surface area contributed by atoms with Crippen molar-refractivity contribution in [2.24, 2.45) is 5.92 Å². The van der Waals surface area contributed by atoms with Crippen LogP contribution in [0.4, 0.5) is 4.39 Å². The van der Waals surface area contributed by atoms with E-state index in [0.29, 0.717) is 54.9 Å². The first kappa shape index (κ1) is 27.9. The van der Waals surface area contributed by atoms with E-state index in [1.165, 1.54) is 13.2 Å². The summed E-state index contributed by atoms with van der Waals surface area (Å²) >= 11 is 3.56. The van der Waals surface area contributed by atoms with Gasteiger partial charge in [-0.3, -0.25) is 9.97 Å². The highest BCUT2D eigenvalue weighted by atomic mass is 79.9. The Morgan fingerprint density at radius 2 is 2.03 bits per heavy atom. The minimum Gasteiger partial charge on any atom is -0.464 e. The van der Waals surface area contributed by atoms with Crippen molar-refractivity contribution in [2.45, 2.75) is 51.3 Å². The van der Waals surface area contributed by atoms with Gasteiger partial charge >= 0.3 is 5.97 Å². The molecule has 0 saturated carbocycles. The van der Waals surface area contributed by atoms with Crippen molar-refractivity contribution in [3.8, 4) is 0 Å². The van der Waals surface area contributed by atoms with Crippen LogP contribution < -0.4 is 0 Å². The van der Waals surface area contributed by atoms with E-state index in [9.17, 15) is 4.79 Å². The van der Waals surface area contributed by atoms with E-state index < -0.39 is 25.9 Å². The fourth-order valence-corrected chi connectivity index (χ4v) is 6.26. The minimum absolute atomic E-state index is 0.00257. The van der Waals surface area contributed by atoms with Gasteiger partial charge in [-0.25, -0.2) is 13.9 Å². The Bertz CT molecular complexity index is 1500. The van der Waals surface area contributed by atoms with Gasteiger partial charge in [-0.2, -0.15) is 5.10 Å². The van der Waals surface area contributed by atoms with Gasteiger partial charge in [0.05, 0.1) is 24.4 Å². The topological polar surface area (TPSA) is 93.3 Å². The molecule has 4 aromatic rings. The van der Waals surface area contributed by atoms with Gasteiger partial charge in [-0.15, -0.1) is 0 Å². The third-order valence-corrected chi connectivity index (χ3v) is 9.27. The quantitative estimate of drug-likeness (QED) is 0.133. The molecule has 0 N–H and O–H groups in total. The smallest absolute Gasteiger partial charge is 0.360 e.